The fraction of sp³-hybridized carbons (Fsp3) is 0.500. The molecule has 0 N–H and O–H groups in total. The van der Waals surface area contributed by atoms with Crippen molar-refractivity contribution in [3.8, 4) is 18.4 Å². The molecule has 2 nitrogen and oxygen atoms in total. The number of ketones is 1. The second-order valence-electron chi connectivity index (χ2n) is 2.03. The van der Waals surface area contributed by atoms with E-state index in [-0.39, 0.29) is 11.7 Å². The summed E-state index contributed by atoms with van der Waals surface area (Å²) in [5, 5.41) is 8.16. The van der Waals surface area contributed by atoms with Crippen molar-refractivity contribution < 1.29 is 4.79 Å². The van der Waals surface area contributed by atoms with Crippen LogP contribution < -0.4 is 0 Å². The summed E-state index contributed by atoms with van der Waals surface area (Å²) in [5.41, 5.74) is 0. The smallest absolute Gasteiger partial charge is 0.144 e. The number of hydrogen-bond donors (Lipinski definition) is 0. The van der Waals surface area contributed by atoms with Gasteiger partial charge in [0.25, 0.3) is 0 Å². The first-order valence-corrected chi connectivity index (χ1v) is 3.06. The zero-order valence-electron chi connectivity index (χ0n) is 5.92. The second kappa shape index (κ2) is 4.58. The van der Waals surface area contributed by atoms with Crippen molar-refractivity contribution in [3.05, 3.63) is 0 Å². The van der Waals surface area contributed by atoms with E-state index in [1.165, 1.54) is 6.92 Å². The van der Waals surface area contributed by atoms with Crippen LogP contribution in [0.5, 0.6) is 0 Å². The Balaban J connectivity index is 3.78. The Labute approximate surface area is 60.8 Å². The van der Waals surface area contributed by atoms with Gasteiger partial charge >= 0.3 is 0 Å². The Hall–Kier alpha value is -1.28. The first kappa shape index (κ1) is 8.72. The first-order valence-electron chi connectivity index (χ1n) is 3.06. The van der Waals surface area contributed by atoms with Crippen LogP contribution >= 0.6 is 0 Å². The van der Waals surface area contributed by atoms with Crippen molar-refractivity contribution in [2.24, 2.45) is 5.92 Å². The highest BCUT2D eigenvalue weighted by molar-refractivity contribution is 5.80. The fourth-order valence-electron chi connectivity index (χ4n) is 0.613. The number of nitrogens with zero attached hydrogens (tertiary/aromatic N) is 1. The summed E-state index contributed by atoms with van der Waals surface area (Å²) in [6.07, 6.45) is 5.88. The predicted octanol–water partition coefficient (Wildman–Crippen LogP) is 1.13. The summed E-state index contributed by atoms with van der Waals surface area (Å²) in [6.45, 7) is 1.45. The molecule has 0 radical (unpaired) electrons. The molecule has 0 aromatic heterocycles. The van der Waals surface area contributed by atoms with Gasteiger partial charge in [0.2, 0.25) is 0 Å². The van der Waals surface area contributed by atoms with Gasteiger partial charge in [0, 0.05) is 6.42 Å². The predicted molar refractivity (Wildman–Crippen MR) is 37.9 cm³/mol. The molecule has 2 heteroatoms. The molecule has 10 heavy (non-hydrogen) atoms. The van der Waals surface area contributed by atoms with E-state index >= 15 is 0 Å². The molecule has 0 fully saturated rings. The average molecular weight is 135 g/mol. The summed E-state index contributed by atoms with van der Waals surface area (Å²) < 4.78 is 0. The van der Waals surface area contributed by atoms with Crippen molar-refractivity contribution in [1.29, 1.82) is 5.26 Å². The lowest BCUT2D eigenvalue weighted by Gasteiger charge is -2.00. The Kier molecular flexibility index (Phi) is 4.00. The summed E-state index contributed by atoms with van der Waals surface area (Å²) in [6, 6.07) is 1.94. The minimum atomic E-state index is -0.361. The van der Waals surface area contributed by atoms with Crippen LogP contribution in [0.15, 0.2) is 0 Å². The van der Waals surface area contributed by atoms with Crippen LogP contribution in [0.1, 0.15) is 19.8 Å². The van der Waals surface area contributed by atoms with Crippen LogP contribution in [0, 0.1) is 29.6 Å². The molecule has 0 bridgehead atoms. The quantitative estimate of drug-likeness (QED) is 0.544. The lowest BCUT2D eigenvalue weighted by Crippen LogP contribution is -2.07. The molecule has 0 aliphatic rings. The van der Waals surface area contributed by atoms with Crippen LogP contribution in [0.25, 0.3) is 0 Å². The lowest BCUT2D eigenvalue weighted by atomic mass is 10.0. The molecular formula is C8H9NO. The van der Waals surface area contributed by atoms with Gasteiger partial charge in [-0.05, 0) is 13.3 Å². The number of carbonyl (C=O) groups is 1. The van der Waals surface area contributed by atoms with E-state index < -0.39 is 0 Å². The van der Waals surface area contributed by atoms with E-state index in [1.807, 2.05) is 6.07 Å². The molecule has 0 spiro atoms. The molecule has 0 amide bonds. The SMILES string of the molecule is C#C[C@@H](CCC#N)C(C)=O. The van der Waals surface area contributed by atoms with Crippen LogP contribution in [0.3, 0.4) is 0 Å². The largest absolute Gasteiger partial charge is 0.299 e. The molecule has 1 atom stereocenters. The number of hydrogen-bond acceptors (Lipinski definition) is 2. The second-order valence-corrected chi connectivity index (χ2v) is 2.03. The number of Topliss-reactive ketones (excluding diaryl/α,β-unsaturated/α-hetero) is 1. The molecule has 0 saturated heterocycles. The maximum Gasteiger partial charge on any atom is 0.144 e. The maximum atomic E-state index is 10.6. The molecular weight excluding hydrogens is 126 g/mol. The van der Waals surface area contributed by atoms with Gasteiger partial charge in [-0.3, -0.25) is 4.79 Å². The number of nitriles is 1. The average Bonchev–Trinajstić information content (AvgIpc) is 1.89. The summed E-state index contributed by atoms with van der Waals surface area (Å²) >= 11 is 0. The van der Waals surface area contributed by atoms with E-state index in [1.54, 1.807) is 0 Å². The molecule has 52 valence electrons. The first-order chi connectivity index (χ1) is 4.72. The maximum absolute atomic E-state index is 10.6. The topological polar surface area (TPSA) is 40.9 Å². The van der Waals surface area contributed by atoms with Gasteiger partial charge in [-0.25, -0.2) is 0 Å². The zero-order valence-corrected chi connectivity index (χ0v) is 5.92. The van der Waals surface area contributed by atoms with Gasteiger partial charge in [-0.1, -0.05) is 5.92 Å². The summed E-state index contributed by atoms with van der Waals surface area (Å²) in [5.74, 6) is 1.94. The van der Waals surface area contributed by atoms with Gasteiger partial charge in [-0.15, -0.1) is 6.42 Å². The molecule has 0 aliphatic carbocycles. The molecule has 0 unspecified atom stereocenters. The normalized spacial score (nSPS) is 11.1. The standard InChI is InChI=1S/C8H9NO/c1-3-8(7(2)10)5-4-6-9/h1,8H,4-5H2,2H3/t8-/m0/s1. The summed E-state index contributed by atoms with van der Waals surface area (Å²) in [4.78, 5) is 10.6. The van der Waals surface area contributed by atoms with Crippen molar-refractivity contribution in [2.45, 2.75) is 19.8 Å². The molecule has 0 saturated carbocycles. The Morgan fingerprint density at radius 1 is 1.80 bits per heavy atom. The van der Waals surface area contributed by atoms with Gasteiger partial charge in [-0.2, -0.15) is 5.26 Å². The van der Waals surface area contributed by atoms with Crippen LogP contribution in [0.4, 0.5) is 0 Å². The zero-order chi connectivity index (χ0) is 7.98. The van der Waals surface area contributed by atoms with E-state index in [4.69, 9.17) is 11.7 Å². The Bertz CT molecular complexity index is 194. The highest BCUT2D eigenvalue weighted by Gasteiger charge is 2.08. The fourth-order valence-corrected chi connectivity index (χ4v) is 0.613. The number of carbonyl (C=O) groups excluding carboxylic acids is 1. The van der Waals surface area contributed by atoms with Crippen molar-refractivity contribution in [2.75, 3.05) is 0 Å². The van der Waals surface area contributed by atoms with Crippen LogP contribution in [0.2, 0.25) is 0 Å². The molecule has 0 aromatic rings. The third kappa shape index (κ3) is 2.89. The van der Waals surface area contributed by atoms with Crippen LogP contribution in [-0.4, -0.2) is 5.78 Å². The number of rotatable bonds is 3. The molecule has 0 rings (SSSR count). The molecule has 0 aliphatic heterocycles. The van der Waals surface area contributed by atoms with Gasteiger partial charge in [0.05, 0.1) is 12.0 Å². The Morgan fingerprint density at radius 2 is 2.40 bits per heavy atom. The van der Waals surface area contributed by atoms with E-state index in [0.717, 1.165) is 0 Å². The minimum absolute atomic E-state index is 0.0299. The third-order valence-corrected chi connectivity index (χ3v) is 1.24. The van der Waals surface area contributed by atoms with E-state index in [2.05, 4.69) is 5.92 Å². The van der Waals surface area contributed by atoms with Gasteiger partial charge < -0.3 is 0 Å². The minimum Gasteiger partial charge on any atom is -0.299 e. The Morgan fingerprint density at radius 3 is 2.70 bits per heavy atom. The number of terminal acetylenes is 1. The monoisotopic (exact) mass is 135 g/mol. The van der Waals surface area contributed by atoms with Crippen LogP contribution in [-0.2, 0) is 4.79 Å². The highest BCUT2D eigenvalue weighted by Crippen LogP contribution is 2.04. The van der Waals surface area contributed by atoms with Gasteiger partial charge in [0.1, 0.15) is 5.78 Å². The van der Waals surface area contributed by atoms with Gasteiger partial charge in [0.15, 0.2) is 0 Å². The third-order valence-electron chi connectivity index (χ3n) is 1.24. The summed E-state index contributed by atoms with van der Waals surface area (Å²) in [7, 11) is 0. The van der Waals surface area contributed by atoms with Crippen molar-refractivity contribution >= 4 is 5.78 Å². The molecule has 0 heterocycles. The highest BCUT2D eigenvalue weighted by atomic mass is 16.1. The van der Waals surface area contributed by atoms with E-state index in [0.29, 0.717) is 12.8 Å². The molecule has 0 aromatic carbocycles. The lowest BCUT2D eigenvalue weighted by molar-refractivity contribution is -0.119. The van der Waals surface area contributed by atoms with Crippen molar-refractivity contribution in [1.82, 2.24) is 0 Å². The van der Waals surface area contributed by atoms with Crippen molar-refractivity contribution in [3.63, 3.8) is 0 Å². The van der Waals surface area contributed by atoms with E-state index in [9.17, 15) is 4.79 Å².